The molecule has 30 heavy (non-hydrogen) atoms. The third kappa shape index (κ3) is 4.17. The van der Waals surface area contributed by atoms with Crippen LogP contribution in [-0.2, 0) is 4.74 Å². The number of amides is 1. The molecule has 6 nitrogen and oxygen atoms in total. The van der Waals surface area contributed by atoms with Gasteiger partial charge < -0.3 is 15.0 Å². The maximum Gasteiger partial charge on any atom is 0.407 e. The summed E-state index contributed by atoms with van der Waals surface area (Å²) in [5.41, 5.74) is 4.91. The van der Waals surface area contributed by atoms with Crippen LogP contribution in [-0.4, -0.2) is 36.5 Å². The fourth-order valence-corrected chi connectivity index (χ4v) is 3.54. The Labute approximate surface area is 176 Å². The number of nitrogens with one attached hydrogen (secondary N) is 1. The second kappa shape index (κ2) is 9.22. The average molecular weight is 400 g/mol. The molecule has 2 heterocycles. The van der Waals surface area contributed by atoms with Crippen LogP contribution in [0.3, 0.4) is 0 Å². The maximum atomic E-state index is 11.6. The fraction of sp³-hybridized carbons (Fsp3) is 0.208. The number of benzene rings is 2. The minimum atomic E-state index is -0.387. The van der Waals surface area contributed by atoms with Crippen molar-refractivity contribution < 1.29 is 9.53 Å². The normalized spacial score (nSPS) is 12.3. The molecule has 152 valence electrons. The third-order valence-corrected chi connectivity index (χ3v) is 4.85. The van der Waals surface area contributed by atoms with Gasteiger partial charge in [-0.1, -0.05) is 48.5 Å². The summed E-state index contributed by atoms with van der Waals surface area (Å²) < 4.78 is 4.94. The number of aromatic nitrogens is 1. The number of hydrogen-bond acceptors (Lipinski definition) is 5. The van der Waals surface area contributed by atoms with Crippen molar-refractivity contribution in [1.82, 2.24) is 10.3 Å². The van der Waals surface area contributed by atoms with Crippen molar-refractivity contribution in [2.24, 2.45) is 4.99 Å². The summed E-state index contributed by atoms with van der Waals surface area (Å²) in [4.78, 5) is 23.4. The minimum absolute atomic E-state index is 0.363. The number of fused-ring (bicyclic) bond motifs is 2. The van der Waals surface area contributed by atoms with Crippen LogP contribution in [0.2, 0.25) is 0 Å². The number of para-hydroxylation sites is 1. The highest BCUT2D eigenvalue weighted by molar-refractivity contribution is 6.18. The monoisotopic (exact) mass is 400 g/mol. The van der Waals surface area contributed by atoms with E-state index in [2.05, 4.69) is 39.5 Å². The van der Waals surface area contributed by atoms with Crippen LogP contribution in [0.25, 0.3) is 0 Å². The van der Waals surface area contributed by atoms with Gasteiger partial charge in [0.2, 0.25) is 0 Å². The SMILES string of the molecule is CCOC(=O)NCCCN1c2ccccc2C(c2ccccc2)=Nc2cccnc21. The first-order valence-corrected chi connectivity index (χ1v) is 10.1. The number of carbonyl (C=O) groups is 1. The number of rotatable bonds is 6. The molecule has 0 unspecified atom stereocenters. The first kappa shape index (κ1) is 19.6. The summed E-state index contributed by atoms with van der Waals surface area (Å²) in [5.74, 6) is 0.812. The van der Waals surface area contributed by atoms with Crippen LogP contribution >= 0.6 is 0 Å². The van der Waals surface area contributed by atoms with Crippen molar-refractivity contribution in [3.8, 4) is 0 Å². The molecule has 1 amide bonds. The largest absolute Gasteiger partial charge is 0.450 e. The molecular formula is C24H24N4O2. The highest BCUT2D eigenvalue weighted by Gasteiger charge is 2.24. The van der Waals surface area contributed by atoms with E-state index in [4.69, 9.17) is 9.73 Å². The zero-order chi connectivity index (χ0) is 20.8. The summed E-state index contributed by atoms with van der Waals surface area (Å²) in [7, 11) is 0. The van der Waals surface area contributed by atoms with Gasteiger partial charge >= 0.3 is 6.09 Å². The molecule has 3 aromatic rings. The van der Waals surface area contributed by atoms with Gasteiger partial charge in [-0.05, 0) is 31.5 Å². The molecule has 0 saturated carbocycles. The first-order chi connectivity index (χ1) is 14.8. The average Bonchev–Trinajstić information content (AvgIpc) is 2.92. The summed E-state index contributed by atoms with van der Waals surface area (Å²) in [5, 5.41) is 2.78. The molecule has 1 aliphatic rings. The predicted molar refractivity (Wildman–Crippen MR) is 119 cm³/mol. The van der Waals surface area contributed by atoms with Gasteiger partial charge in [0.1, 0.15) is 5.69 Å². The Morgan fingerprint density at radius 1 is 1.03 bits per heavy atom. The molecule has 0 radical (unpaired) electrons. The van der Waals surface area contributed by atoms with Gasteiger partial charge in [-0.2, -0.15) is 0 Å². The molecule has 1 aromatic heterocycles. The van der Waals surface area contributed by atoms with Crippen molar-refractivity contribution in [3.63, 3.8) is 0 Å². The van der Waals surface area contributed by atoms with Gasteiger partial charge in [-0.3, -0.25) is 0 Å². The summed E-state index contributed by atoms with van der Waals surface area (Å²) >= 11 is 0. The van der Waals surface area contributed by atoms with E-state index in [-0.39, 0.29) is 6.09 Å². The second-order valence-corrected chi connectivity index (χ2v) is 6.84. The maximum absolute atomic E-state index is 11.6. The van der Waals surface area contributed by atoms with E-state index >= 15 is 0 Å². The van der Waals surface area contributed by atoms with Crippen LogP contribution in [0.1, 0.15) is 24.5 Å². The summed E-state index contributed by atoms with van der Waals surface area (Å²) in [6.07, 6.45) is 2.14. The van der Waals surface area contributed by atoms with Crippen molar-refractivity contribution in [3.05, 3.63) is 84.1 Å². The lowest BCUT2D eigenvalue weighted by atomic mass is 10.00. The standard InChI is InChI=1S/C24H24N4O2/c1-2-30-24(29)26-16-9-17-28-21-14-7-6-12-19(21)22(18-10-4-3-5-11-18)27-20-13-8-15-25-23(20)28/h3-8,10-15H,2,9,16-17H2,1H3,(H,26,29). The highest BCUT2D eigenvalue weighted by Crippen LogP contribution is 2.38. The Morgan fingerprint density at radius 3 is 2.67 bits per heavy atom. The lowest BCUT2D eigenvalue weighted by Crippen LogP contribution is -2.29. The Morgan fingerprint density at radius 2 is 1.83 bits per heavy atom. The molecule has 1 aliphatic heterocycles. The van der Waals surface area contributed by atoms with Crippen molar-refractivity contribution in [2.75, 3.05) is 24.6 Å². The molecule has 0 aliphatic carbocycles. The van der Waals surface area contributed by atoms with Crippen LogP contribution in [0.4, 0.5) is 22.0 Å². The Balaban J connectivity index is 1.68. The smallest absolute Gasteiger partial charge is 0.407 e. The first-order valence-electron chi connectivity index (χ1n) is 10.1. The molecule has 0 spiro atoms. The molecule has 6 heteroatoms. The number of ether oxygens (including phenoxy) is 1. The molecule has 0 bridgehead atoms. The fourth-order valence-electron chi connectivity index (χ4n) is 3.54. The highest BCUT2D eigenvalue weighted by atomic mass is 16.5. The van der Waals surface area contributed by atoms with Gasteiger partial charge in [0, 0.05) is 30.4 Å². The lowest BCUT2D eigenvalue weighted by molar-refractivity contribution is 0.152. The van der Waals surface area contributed by atoms with Gasteiger partial charge in [-0.25, -0.2) is 14.8 Å². The zero-order valence-electron chi connectivity index (χ0n) is 16.9. The Bertz CT molecular complexity index is 1050. The summed E-state index contributed by atoms with van der Waals surface area (Å²) in [6.45, 7) is 3.36. The van der Waals surface area contributed by atoms with Crippen LogP contribution in [0.5, 0.6) is 0 Å². The summed E-state index contributed by atoms with van der Waals surface area (Å²) in [6, 6.07) is 22.3. The topological polar surface area (TPSA) is 66.8 Å². The number of anilines is 2. The van der Waals surface area contributed by atoms with E-state index in [1.807, 2.05) is 42.5 Å². The number of nitrogens with zero attached hydrogens (tertiary/aromatic N) is 3. The van der Waals surface area contributed by atoms with Crippen LogP contribution < -0.4 is 10.2 Å². The second-order valence-electron chi connectivity index (χ2n) is 6.84. The van der Waals surface area contributed by atoms with Gasteiger partial charge in [0.15, 0.2) is 5.82 Å². The van der Waals surface area contributed by atoms with E-state index in [1.54, 1.807) is 13.1 Å². The van der Waals surface area contributed by atoms with Crippen LogP contribution in [0.15, 0.2) is 77.9 Å². The van der Waals surface area contributed by atoms with Crippen LogP contribution in [0, 0.1) is 0 Å². The van der Waals surface area contributed by atoms with E-state index < -0.39 is 0 Å². The van der Waals surface area contributed by atoms with E-state index in [1.165, 1.54) is 0 Å². The molecule has 1 N–H and O–H groups in total. The number of pyridine rings is 1. The molecule has 2 aromatic carbocycles. The minimum Gasteiger partial charge on any atom is -0.450 e. The van der Waals surface area contributed by atoms with Gasteiger partial charge in [-0.15, -0.1) is 0 Å². The third-order valence-electron chi connectivity index (χ3n) is 4.85. The molecule has 0 saturated heterocycles. The quantitative estimate of drug-likeness (QED) is 0.602. The van der Waals surface area contributed by atoms with E-state index in [0.29, 0.717) is 19.7 Å². The zero-order valence-corrected chi connectivity index (χ0v) is 16.9. The Kier molecular flexibility index (Phi) is 6.03. The molecule has 0 atom stereocenters. The van der Waals surface area contributed by atoms with E-state index in [9.17, 15) is 4.79 Å². The molecule has 4 rings (SSSR count). The van der Waals surface area contributed by atoms with Gasteiger partial charge in [0.05, 0.1) is 18.0 Å². The molecule has 0 fully saturated rings. The van der Waals surface area contributed by atoms with Gasteiger partial charge in [0.25, 0.3) is 0 Å². The number of aliphatic imine (C=N–C) groups is 1. The van der Waals surface area contributed by atoms with Crippen molar-refractivity contribution in [1.29, 1.82) is 0 Å². The van der Waals surface area contributed by atoms with Crippen molar-refractivity contribution >= 4 is 29.0 Å². The van der Waals surface area contributed by atoms with Crippen molar-refractivity contribution in [2.45, 2.75) is 13.3 Å². The number of hydrogen-bond donors (Lipinski definition) is 1. The molecular weight excluding hydrogens is 376 g/mol. The van der Waals surface area contributed by atoms with E-state index in [0.717, 1.165) is 40.5 Å². The Hall–Kier alpha value is -3.67. The number of carbonyl (C=O) groups excluding carboxylic acids is 1. The predicted octanol–water partition coefficient (Wildman–Crippen LogP) is 4.84. The lowest BCUT2D eigenvalue weighted by Gasteiger charge is -2.25. The number of alkyl carbamates (subject to hydrolysis) is 1.